The zero-order chi connectivity index (χ0) is 19.3. The van der Waals surface area contributed by atoms with Gasteiger partial charge in [0.15, 0.2) is 0 Å². The topological polar surface area (TPSA) is 64.2 Å². The number of aromatic nitrogens is 1. The summed E-state index contributed by atoms with van der Waals surface area (Å²) in [4.78, 5) is 6.85. The fourth-order valence-electron chi connectivity index (χ4n) is 3.34. The predicted octanol–water partition coefficient (Wildman–Crippen LogP) is 1.65. The lowest BCUT2D eigenvalue weighted by Crippen LogP contribution is -2.39. The highest BCUT2D eigenvalue weighted by Crippen LogP contribution is 2.08. The van der Waals surface area contributed by atoms with Crippen LogP contribution in [0.15, 0.2) is 48.7 Å². The van der Waals surface area contributed by atoms with E-state index in [9.17, 15) is 0 Å². The van der Waals surface area contributed by atoms with Gasteiger partial charge in [0.1, 0.15) is 0 Å². The molecule has 2 aromatic rings. The molecule has 6 heteroatoms. The Morgan fingerprint density at radius 2 is 1.64 bits per heavy atom. The first-order valence-corrected chi connectivity index (χ1v) is 10.4. The molecule has 1 aliphatic rings. The van der Waals surface area contributed by atoms with E-state index in [1.807, 2.05) is 24.4 Å². The molecular weight excluding hydrogens is 348 g/mol. The summed E-state index contributed by atoms with van der Waals surface area (Å²) in [7, 11) is 0. The molecule has 0 radical (unpaired) electrons. The van der Waals surface area contributed by atoms with Gasteiger partial charge in [-0.05, 0) is 55.7 Å². The normalized spacial score (nSPS) is 17.6. The van der Waals surface area contributed by atoms with Crippen LogP contribution in [0.1, 0.15) is 29.7 Å². The van der Waals surface area contributed by atoms with Gasteiger partial charge in [-0.1, -0.05) is 30.3 Å². The van der Waals surface area contributed by atoms with Crippen LogP contribution in [0.5, 0.6) is 0 Å². The van der Waals surface area contributed by atoms with Gasteiger partial charge >= 0.3 is 0 Å². The van der Waals surface area contributed by atoms with E-state index >= 15 is 0 Å². The van der Waals surface area contributed by atoms with E-state index < -0.39 is 0 Å². The average molecular weight is 383 g/mol. The SMILES string of the molecule is c1ccc(CNCc2ccc(CN3CCCNCNCCCNC3)cc2)nc1. The van der Waals surface area contributed by atoms with E-state index in [1.165, 1.54) is 17.5 Å². The third-order valence-corrected chi connectivity index (χ3v) is 4.91. The molecule has 1 saturated heterocycles. The van der Waals surface area contributed by atoms with Gasteiger partial charge in [-0.15, -0.1) is 0 Å². The van der Waals surface area contributed by atoms with Crippen LogP contribution < -0.4 is 21.3 Å². The second-order valence-electron chi connectivity index (χ2n) is 7.34. The molecule has 2 heterocycles. The smallest absolute Gasteiger partial charge is 0.0541 e. The molecule has 4 N–H and O–H groups in total. The zero-order valence-corrected chi connectivity index (χ0v) is 16.8. The van der Waals surface area contributed by atoms with Crippen molar-refractivity contribution in [3.05, 3.63) is 65.5 Å². The highest BCUT2D eigenvalue weighted by atomic mass is 15.2. The van der Waals surface area contributed by atoms with Crippen LogP contribution in [0.3, 0.4) is 0 Å². The summed E-state index contributed by atoms with van der Waals surface area (Å²) in [6.45, 7) is 8.81. The summed E-state index contributed by atoms with van der Waals surface area (Å²) >= 11 is 0. The van der Waals surface area contributed by atoms with Gasteiger partial charge in [-0.25, -0.2) is 0 Å². The van der Waals surface area contributed by atoms with Crippen LogP contribution in [0.4, 0.5) is 0 Å². The van der Waals surface area contributed by atoms with Crippen LogP contribution in [0.2, 0.25) is 0 Å². The van der Waals surface area contributed by atoms with Crippen molar-refractivity contribution in [2.75, 3.05) is 39.5 Å². The van der Waals surface area contributed by atoms with E-state index in [0.717, 1.165) is 71.3 Å². The fraction of sp³-hybridized carbons (Fsp3) is 0.500. The number of nitrogens with one attached hydrogen (secondary N) is 4. The van der Waals surface area contributed by atoms with Gasteiger partial charge < -0.3 is 21.3 Å². The number of rotatable bonds is 6. The van der Waals surface area contributed by atoms with Gasteiger partial charge in [-0.3, -0.25) is 9.88 Å². The van der Waals surface area contributed by atoms with Crippen molar-refractivity contribution in [3.8, 4) is 0 Å². The summed E-state index contributed by atoms with van der Waals surface area (Å²) in [6.07, 6.45) is 4.17. The molecule has 1 aromatic carbocycles. The first kappa shape index (κ1) is 20.9. The van der Waals surface area contributed by atoms with Crippen molar-refractivity contribution in [2.24, 2.45) is 0 Å². The van der Waals surface area contributed by atoms with Crippen molar-refractivity contribution < 1.29 is 0 Å². The Kier molecular flexibility index (Phi) is 9.40. The van der Waals surface area contributed by atoms with E-state index in [1.54, 1.807) is 0 Å². The molecule has 1 fully saturated rings. The Bertz CT molecular complexity index is 634. The van der Waals surface area contributed by atoms with Crippen LogP contribution in [-0.2, 0) is 19.6 Å². The number of benzene rings is 1. The minimum atomic E-state index is 0.797. The lowest BCUT2D eigenvalue weighted by molar-refractivity contribution is 0.238. The molecule has 0 bridgehead atoms. The minimum absolute atomic E-state index is 0.797. The molecule has 0 atom stereocenters. The quantitative estimate of drug-likeness (QED) is 0.609. The Balaban J connectivity index is 1.43. The second kappa shape index (κ2) is 12.6. The Morgan fingerprint density at radius 3 is 2.46 bits per heavy atom. The van der Waals surface area contributed by atoms with E-state index in [-0.39, 0.29) is 0 Å². The maximum absolute atomic E-state index is 4.35. The van der Waals surface area contributed by atoms with Crippen molar-refractivity contribution in [1.82, 2.24) is 31.2 Å². The molecule has 0 amide bonds. The highest BCUT2D eigenvalue weighted by Gasteiger charge is 2.07. The second-order valence-corrected chi connectivity index (χ2v) is 7.34. The Morgan fingerprint density at radius 1 is 0.857 bits per heavy atom. The Labute approximate surface area is 169 Å². The molecule has 6 nitrogen and oxygen atoms in total. The summed E-state index contributed by atoms with van der Waals surface area (Å²) in [5.74, 6) is 0. The van der Waals surface area contributed by atoms with Gasteiger partial charge in [-0.2, -0.15) is 0 Å². The zero-order valence-electron chi connectivity index (χ0n) is 16.8. The maximum atomic E-state index is 4.35. The van der Waals surface area contributed by atoms with Crippen LogP contribution >= 0.6 is 0 Å². The molecule has 152 valence electrons. The molecule has 28 heavy (non-hydrogen) atoms. The maximum Gasteiger partial charge on any atom is 0.0541 e. The molecular formula is C22H34N6. The minimum Gasteiger partial charge on any atom is -0.307 e. The summed E-state index contributed by atoms with van der Waals surface area (Å²) < 4.78 is 0. The molecule has 1 aliphatic heterocycles. The molecule has 3 rings (SSSR count). The monoisotopic (exact) mass is 382 g/mol. The highest BCUT2D eigenvalue weighted by molar-refractivity contribution is 5.22. The molecule has 1 aromatic heterocycles. The first-order chi connectivity index (χ1) is 13.9. The third-order valence-electron chi connectivity index (χ3n) is 4.91. The van der Waals surface area contributed by atoms with Crippen LogP contribution in [0.25, 0.3) is 0 Å². The average Bonchev–Trinajstić information content (AvgIpc) is 2.72. The van der Waals surface area contributed by atoms with Crippen molar-refractivity contribution in [3.63, 3.8) is 0 Å². The van der Waals surface area contributed by atoms with Gasteiger partial charge in [0.05, 0.1) is 5.69 Å². The van der Waals surface area contributed by atoms with E-state index in [0.29, 0.717) is 0 Å². The predicted molar refractivity (Wildman–Crippen MR) is 115 cm³/mol. The van der Waals surface area contributed by atoms with Crippen molar-refractivity contribution >= 4 is 0 Å². The summed E-state index contributed by atoms with van der Waals surface area (Å²) in [5, 5.41) is 13.9. The number of pyridine rings is 1. The van der Waals surface area contributed by atoms with Crippen LogP contribution in [-0.4, -0.2) is 49.4 Å². The number of hydrogen-bond donors (Lipinski definition) is 4. The largest absolute Gasteiger partial charge is 0.307 e. The van der Waals surface area contributed by atoms with Crippen molar-refractivity contribution in [1.29, 1.82) is 0 Å². The lowest BCUT2D eigenvalue weighted by Gasteiger charge is -2.24. The number of hydrogen-bond acceptors (Lipinski definition) is 6. The summed E-state index contributed by atoms with van der Waals surface area (Å²) in [5.41, 5.74) is 3.76. The summed E-state index contributed by atoms with van der Waals surface area (Å²) in [6, 6.07) is 15.0. The molecule has 0 saturated carbocycles. The standard InChI is InChI=1S/C22H34N6/c1-2-13-27-22(5-1)16-26-15-20-6-8-21(9-7-20)17-28-14-4-12-24-18-23-10-3-11-25-19-28/h1-2,5-9,13,23-26H,3-4,10-12,14-19H2. The lowest BCUT2D eigenvalue weighted by atomic mass is 10.1. The van der Waals surface area contributed by atoms with Crippen molar-refractivity contribution in [2.45, 2.75) is 32.5 Å². The van der Waals surface area contributed by atoms with E-state index in [4.69, 9.17) is 0 Å². The fourth-order valence-corrected chi connectivity index (χ4v) is 3.34. The molecule has 0 aliphatic carbocycles. The van der Waals surface area contributed by atoms with Gasteiger partial charge in [0.2, 0.25) is 0 Å². The van der Waals surface area contributed by atoms with E-state index in [2.05, 4.69) is 55.4 Å². The van der Waals surface area contributed by atoms with Gasteiger partial charge in [0, 0.05) is 45.7 Å². The van der Waals surface area contributed by atoms with Gasteiger partial charge in [0.25, 0.3) is 0 Å². The molecule has 0 spiro atoms. The first-order valence-electron chi connectivity index (χ1n) is 10.4. The Hall–Kier alpha value is -1.83. The number of nitrogens with zero attached hydrogens (tertiary/aromatic N) is 2. The van der Waals surface area contributed by atoms with Crippen LogP contribution in [0, 0.1) is 0 Å². The third kappa shape index (κ3) is 8.04. The molecule has 0 unspecified atom stereocenters.